The fraction of sp³-hybridized carbons (Fsp3) is 0.444. The van der Waals surface area contributed by atoms with Crippen molar-refractivity contribution in [2.24, 2.45) is 0 Å². The van der Waals surface area contributed by atoms with Gasteiger partial charge in [-0.05, 0) is 12.1 Å². The molecule has 0 aliphatic heterocycles. The monoisotopic (exact) mass is 184 g/mol. The van der Waals surface area contributed by atoms with Crippen LogP contribution in [0.15, 0.2) is 12.1 Å². The molecule has 0 amide bonds. The van der Waals surface area contributed by atoms with Gasteiger partial charge >= 0.3 is 0 Å². The molecule has 66 valence electrons. The van der Waals surface area contributed by atoms with E-state index in [1.54, 1.807) is 6.07 Å². The van der Waals surface area contributed by atoms with Crippen LogP contribution in [0.5, 0.6) is 0 Å². The molecular weight excluding hydrogens is 172 g/mol. The van der Waals surface area contributed by atoms with E-state index in [2.05, 4.69) is 25.8 Å². The van der Waals surface area contributed by atoms with Gasteiger partial charge in [0.25, 0.3) is 0 Å². The molecule has 2 N–H and O–H groups in total. The van der Waals surface area contributed by atoms with Crippen LogP contribution in [0.2, 0.25) is 5.02 Å². The number of aromatic nitrogens is 1. The third-order valence-corrected chi connectivity index (χ3v) is 1.80. The summed E-state index contributed by atoms with van der Waals surface area (Å²) in [5.74, 6) is 0.479. The maximum absolute atomic E-state index is 5.84. The van der Waals surface area contributed by atoms with Gasteiger partial charge in [-0.3, -0.25) is 0 Å². The van der Waals surface area contributed by atoms with Crippen molar-refractivity contribution in [1.82, 2.24) is 4.98 Å². The Bertz CT molecular complexity index is 269. The average molecular weight is 185 g/mol. The molecule has 2 nitrogen and oxygen atoms in total. The van der Waals surface area contributed by atoms with Gasteiger partial charge < -0.3 is 5.73 Å². The van der Waals surface area contributed by atoms with Gasteiger partial charge in [0.1, 0.15) is 5.82 Å². The van der Waals surface area contributed by atoms with Crippen LogP contribution < -0.4 is 5.73 Å². The normalized spacial score (nSPS) is 11.7. The minimum Gasteiger partial charge on any atom is -0.384 e. The van der Waals surface area contributed by atoms with Gasteiger partial charge in [-0.1, -0.05) is 32.4 Å². The summed E-state index contributed by atoms with van der Waals surface area (Å²) < 4.78 is 0. The highest BCUT2D eigenvalue weighted by atomic mass is 35.5. The lowest BCUT2D eigenvalue weighted by molar-refractivity contribution is 0.570. The van der Waals surface area contributed by atoms with E-state index in [4.69, 9.17) is 17.3 Å². The second-order valence-corrected chi connectivity index (χ2v) is 4.28. The van der Waals surface area contributed by atoms with E-state index in [-0.39, 0.29) is 5.41 Å². The molecule has 1 rings (SSSR count). The second kappa shape index (κ2) is 2.94. The van der Waals surface area contributed by atoms with E-state index < -0.39 is 0 Å². The Kier molecular flexibility index (Phi) is 2.29. The third-order valence-electron chi connectivity index (χ3n) is 1.58. The molecule has 12 heavy (non-hydrogen) atoms. The number of nitrogens with zero attached hydrogens (tertiary/aromatic N) is 1. The number of pyridine rings is 1. The van der Waals surface area contributed by atoms with Gasteiger partial charge in [0.05, 0.1) is 0 Å². The molecule has 0 aromatic carbocycles. The Balaban J connectivity index is 3.18. The fourth-order valence-electron chi connectivity index (χ4n) is 0.901. The first kappa shape index (κ1) is 9.33. The van der Waals surface area contributed by atoms with Crippen molar-refractivity contribution in [2.75, 3.05) is 5.73 Å². The molecule has 0 unspecified atom stereocenters. The number of nitrogens with two attached hydrogens (primary N) is 1. The molecule has 1 aromatic heterocycles. The van der Waals surface area contributed by atoms with Gasteiger partial charge in [-0.25, -0.2) is 4.98 Å². The van der Waals surface area contributed by atoms with Crippen LogP contribution in [-0.2, 0) is 5.41 Å². The van der Waals surface area contributed by atoms with E-state index in [1.807, 2.05) is 6.07 Å². The van der Waals surface area contributed by atoms with Crippen LogP contribution in [0.1, 0.15) is 26.5 Å². The zero-order chi connectivity index (χ0) is 9.35. The first-order valence-electron chi connectivity index (χ1n) is 3.83. The van der Waals surface area contributed by atoms with E-state index in [1.165, 1.54) is 0 Å². The van der Waals surface area contributed by atoms with Gasteiger partial charge in [0, 0.05) is 16.1 Å². The van der Waals surface area contributed by atoms with Crippen molar-refractivity contribution in [1.29, 1.82) is 0 Å². The average Bonchev–Trinajstić information content (AvgIpc) is 1.82. The lowest BCUT2D eigenvalue weighted by Gasteiger charge is -2.17. The summed E-state index contributed by atoms with van der Waals surface area (Å²) in [6.45, 7) is 6.22. The third kappa shape index (κ3) is 2.11. The molecule has 1 aromatic rings. The van der Waals surface area contributed by atoms with Crippen molar-refractivity contribution in [3.05, 3.63) is 22.8 Å². The lowest BCUT2D eigenvalue weighted by Crippen LogP contribution is -2.14. The SMILES string of the molecule is CC(C)(C)c1cc(Cl)cc(N)n1. The standard InChI is InChI=1S/C9H13ClN2/c1-9(2,3)7-4-6(10)5-8(11)12-7/h4-5H,1-3H3,(H2,11,12). The molecule has 3 heteroatoms. The molecule has 0 bridgehead atoms. The Morgan fingerprint density at radius 1 is 1.33 bits per heavy atom. The Morgan fingerprint density at radius 3 is 2.33 bits per heavy atom. The number of hydrogen-bond donors (Lipinski definition) is 1. The van der Waals surface area contributed by atoms with Crippen LogP contribution in [0.3, 0.4) is 0 Å². The first-order chi connectivity index (χ1) is 5.39. The van der Waals surface area contributed by atoms with Crippen LogP contribution in [0.25, 0.3) is 0 Å². The number of halogens is 1. The summed E-state index contributed by atoms with van der Waals surface area (Å²) in [4.78, 5) is 4.20. The summed E-state index contributed by atoms with van der Waals surface area (Å²) in [7, 11) is 0. The largest absolute Gasteiger partial charge is 0.384 e. The van der Waals surface area contributed by atoms with Crippen molar-refractivity contribution in [2.45, 2.75) is 26.2 Å². The molecule has 0 aliphatic rings. The van der Waals surface area contributed by atoms with Gasteiger partial charge in [-0.15, -0.1) is 0 Å². The number of hydrogen-bond acceptors (Lipinski definition) is 2. The lowest BCUT2D eigenvalue weighted by atomic mass is 9.92. The predicted molar refractivity (Wildman–Crippen MR) is 52.4 cm³/mol. The van der Waals surface area contributed by atoms with E-state index in [0.29, 0.717) is 10.8 Å². The van der Waals surface area contributed by atoms with Crippen molar-refractivity contribution >= 4 is 17.4 Å². The zero-order valence-electron chi connectivity index (χ0n) is 7.56. The van der Waals surface area contributed by atoms with E-state index >= 15 is 0 Å². The molecule has 0 saturated heterocycles. The first-order valence-corrected chi connectivity index (χ1v) is 4.21. The maximum Gasteiger partial charge on any atom is 0.125 e. The Hall–Kier alpha value is -0.760. The quantitative estimate of drug-likeness (QED) is 0.673. The minimum atomic E-state index is -0.000972. The van der Waals surface area contributed by atoms with E-state index in [9.17, 15) is 0 Å². The highest BCUT2D eigenvalue weighted by Crippen LogP contribution is 2.24. The zero-order valence-corrected chi connectivity index (χ0v) is 8.31. The van der Waals surface area contributed by atoms with Gasteiger partial charge in [0.2, 0.25) is 0 Å². The summed E-state index contributed by atoms with van der Waals surface area (Å²) >= 11 is 5.84. The summed E-state index contributed by atoms with van der Waals surface area (Å²) in [5, 5.41) is 0.646. The van der Waals surface area contributed by atoms with Gasteiger partial charge in [-0.2, -0.15) is 0 Å². The highest BCUT2D eigenvalue weighted by molar-refractivity contribution is 6.30. The van der Waals surface area contributed by atoms with Crippen LogP contribution in [-0.4, -0.2) is 4.98 Å². The summed E-state index contributed by atoms with van der Waals surface area (Å²) in [5.41, 5.74) is 6.48. The number of rotatable bonds is 0. The smallest absolute Gasteiger partial charge is 0.125 e. The molecular formula is C9H13ClN2. The molecule has 1 heterocycles. The van der Waals surface area contributed by atoms with Crippen LogP contribution in [0.4, 0.5) is 5.82 Å². The highest BCUT2D eigenvalue weighted by Gasteiger charge is 2.15. The van der Waals surface area contributed by atoms with Crippen molar-refractivity contribution in [3.63, 3.8) is 0 Å². The van der Waals surface area contributed by atoms with Crippen LogP contribution >= 0.6 is 11.6 Å². The summed E-state index contributed by atoms with van der Waals surface area (Å²) in [6.07, 6.45) is 0. The van der Waals surface area contributed by atoms with Crippen LogP contribution in [0, 0.1) is 0 Å². The predicted octanol–water partition coefficient (Wildman–Crippen LogP) is 2.61. The van der Waals surface area contributed by atoms with E-state index in [0.717, 1.165) is 5.69 Å². The maximum atomic E-state index is 5.84. The van der Waals surface area contributed by atoms with Crippen molar-refractivity contribution in [3.8, 4) is 0 Å². The molecule has 0 spiro atoms. The summed E-state index contributed by atoms with van der Waals surface area (Å²) in [6, 6.07) is 3.49. The Morgan fingerprint density at radius 2 is 1.92 bits per heavy atom. The minimum absolute atomic E-state index is 0.000972. The van der Waals surface area contributed by atoms with Gasteiger partial charge in [0.15, 0.2) is 0 Å². The molecule has 0 radical (unpaired) electrons. The topological polar surface area (TPSA) is 38.9 Å². The molecule has 0 atom stereocenters. The Labute approximate surface area is 77.8 Å². The second-order valence-electron chi connectivity index (χ2n) is 3.85. The fourth-order valence-corrected chi connectivity index (χ4v) is 1.12. The molecule has 0 saturated carbocycles. The molecule has 0 aliphatic carbocycles. The molecule has 0 fully saturated rings. The van der Waals surface area contributed by atoms with Crippen molar-refractivity contribution < 1.29 is 0 Å². The number of nitrogen functional groups attached to an aromatic ring is 1. The number of anilines is 1.